The Kier molecular flexibility index (Phi) is 3.30. The van der Waals surface area contributed by atoms with Crippen molar-refractivity contribution in [2.75, 3.05) is 6.54 Å². The fourth-order valence-electron chi connectivity index (χ4n) is 2.64. The minimum atomic E-state index is 0.104. The van der Waals surface area contributed by atoms with Crippen molar-refractivity contribution in [2.45, 2.75) is 55.0 Å². The Morgan fingerprint density at radius 1 is 1.33 bits per heavy atom. The van der Waals surface area contributed by atoms with Crippen LogP contribution in [-0.2, 0) is 0 Å². The molecule has 2 N–H and O–H groups in total. The minimum absolute atomic E-state index is 0.104. The SMILES string of the molecule is Cc1ccc(C(CN)Sc2nnc(C3CC3)n2C2CC2)o1. The lowest BCUT2D eigenvalue weighted by Crippen LogP contribution is -2.10. The standard InChI is InChI=1S/C15H20N4OS/c1-9-2-7-12(20-9)13(8-16)21-15-18-17-14(10-3-4-10)19(15)11-5-6-11/h2,7,10-11,13H,3-6,8,16H2,1H3. The van der Waals surface area contributed by atoms with Gasteiger partial charge in [-0.05, 0) is 44.7 Å². The maximum Gasteiger partial charge on any atom is 0.192 e. The molecule has 4 rings (SSSR count). The fourth-order valence-corrected chi connectivity index (χ4v) is 3.68. The van der Waals surface area contributed by atoms with Crippen molar-refractivity contribution < 1.29 is 4.42 Å². The normalized spacial score (nSPS) is 19.9. The van der Waals surface area contributed by atoms with E-state index in [1.54, 1.807) is 11.8 Å². The van der Waals surface area contributed by atoms with Crippen molar-refractivity contribution >= 4 is 11.8 Å². The predicted octanol–water partition coefficient (Wildman–Crippen LogP) is 3.18. The second kappa shape index (κ2) is 5.18. The van der Waals surface area contributed by atoms with Crippen molar-refractivity contribution in [3.8, 4) is 0 Å². The zero-order chi connectivity index (χ0) is 14.4. The Bertz CT molecular complexity index is 642. The van der Waals surface area contributed by atoms with E-state index in [0.717, 1.165) is 16.7 Å². The number of rotatable bonds is 6. The fraction of sp³-hybridized carbons (Fsp3) is 0.600. The van der Waals surface area contributed by atoms with Crippen LogP contribution in [0, 0.1) is 6.92 Å². The summed E-state index contributed by atoms with van der Waals surface area (Å²) >= 11 is 1.69. The maximum atomic E-state index is 5.94. The Morgan fingerprint density at radius 3 is 2.71 bits per heavy atom. The molecule has 0 aliphatic heterocycles. The monoisotopic (exact) mass is 304 g/mol. The molecule has 2 fully saturated rings. The molecule has 2 heterocycles. The van der Waals surface area contributed by atoms with Gasteiger partial charge in [-0.1, -0.05) is 11.8 Å². The molecule has 112 valence electrons. The molecular formula is C15H20N4OS. The zero-order valence-corrected chi connectivity index (χ0v) is 13.0. The molecule has 2 aliphatic carbocycles. The average molecular weight is 304 g/mol. The molecule has 0 radical (unpaired) electrons. The molecule has 2 saturated carbocycles. The van der Waals surface area contributed by atoms with Crippen LogP contribution in [0.5, 0.6) is 0 Å². The lowest BCUT2D eigenvalue weighted by atomic mass is 10.3. The van der Waals surface area contributed by atoms with Crippen molar-refractivity contribution in [2.24, 2.45) is 5.73 Å². The van der Waals surface area contributed by atoms with Gasteiger partial charge in [0.15, 0.2) is 5.16 Å². The van der Waals surface area contributed by atoms with Gasteiger partial charge < -0.3 is 14.7 Å². The molecular weight excluding hydrogens is 284 g/mol. The van der Waals surface area contributed by atoms with E-state index in [4.69, 9.17) is 10.2 Å². The number of furan rings is 1. The smallest absolute Gasteiger partial charge is 0.192 e. The maximum absolute atomic E-state index is 5.94. The van der Waals surface area contributed by atoms with Crippen molar-refractivity contribution in [1.29, 1.82) is 0 Å². The predicted molar refractivity (Wildman–Crippen MR) is 81.4 cm³/mol. The molecule has 0 bridgehead atoms. The summed E-state index contributed by atoms with van der Waals surface area (Å²) in [4.78, 5) is 0. The molecule has 5 nitrogen and oxygen atoms in total. The van der Waals surface area contributed by atoms with Crippen LogP contribution in [0.1, 0.15) is 60.2 Å². The van der Waals surface area contributed by atoms with Gasteiger partial charge in [-0.15, -0.1) is 10.2 Å². The molecule has 2 aromatic rings. The summed E-state index contributed by atoms with van der Waals surface area (Å²) in [6.45, 7) is 2.49. The summed E-state index contributed by atoms with van der Waals surface area (Å²) in [5, 5.41) is 9.99. The lowest BCUT2D eigenvalue weighted by Gasteiger charge is -2.13. The van der Waals surface area contributed by atoms with E-state index >= 15 is 0 Å². The van der Waals surface area contributed by atoms with Gasteiger partial charge in [0.1, 0.15) is 17.3 Å². The highest BCUT2D eigenvalue weighted by Gasteiger charge is 2.37. The van der Waals surface area contributed by atoms with E-state index in [-0.39, 0.29) is 5.25 Å². The molecule has 1 atom stereocenters. The number of nitrogens with two attached hydrogens (primary N) is 1. The third kappa shape index (κ3) is 2.62. The second-order valence-electron chi connectivity index (χ2n) is 6.01. The van der Waals surface area contributed by atoms with Crippen LogP contribution < -0.4 is 5.73 Å². The summed E-state index contributed by atoms with van der Waals surface area (Å²) in [5.41, 5.74) is 5.94. The summed E-state index contributed by atoms with van der Waals surface area (Å²) in [6, 6.07) is 4.61. The van der Waals surface area contributed by atoms with Gasteiger partial charge in [0.05, 0.1) is 5.25 Å². The number of hydrogen-bond donors (Lipinski definition) is 1. The first-order valence-corrected chi connectivity index (χ1v) is 8.52. The van der Waals surface area contributed by atoms with Crippen LogP contribution in [0.15, 0.2) is 21.7 Å². The van der Waals surface area contributed by atoms with Crippen molar-refractivity contribution in [3.05, 3.63) is 29.5 Å². The molecule has 0 amide bonds. The van der Waals surface area contributed by atoms with Gasteiger partial charge in [0.25, 0.3) is 0 Å². The third-order valence-corrected chi connectivity index (χ3v) is 5.28. The van der Waals surface area contributed by atoms with Gasteiger partial charge in [0.2, 0.25) is 0 Å². The van der Waals surface area contributed by atoms with E-state index in [0.29, 0.717) is 18.5 Å². The summed E-state index contributed by atoms with van der Waals surface area (Å²) in [7, 11) is 0. The molecule has 6 heteroatoms. The zero-order valence-electron chi connectivity index (χ0n) is 12.2. The van der Waals surface area contributed by atoms with Gasteiger partial charge >= 0.3 is 0 Å². The first-order valence-electron chi connectivity index (χ1n) is 7.64. The topological polar surface area (TPSA) is 69.9 Å². The Labute approximate surface area is 128 Å². The molecule has 2 aliphatic rings. The first kappa shape index (κ1) is 13.4. The van der Waals surface area contributed by atoms with E-state index in [9.17, 15) is 0 Å². The third-order valence-electron chi connectivity index (χ3n) is 4.09. The average Bonchev–Trinajstić information content (AvgIpc) is 3.41. The second-order valence-corrected chi connectivity index (χ2v) is 7.18. The van der Waals surface area contributed by atoms with Crippen molar-refractivity contribution in [3.63, 3.8) is 0 Å². The highest BCUT2D eigenvalue weighted by atomic mass is 32.2. The van der Waals surface area contributed by atoms with E-state index in [1.807, 2.05) is 19.1 Å². The molecule has 1 unspecified atom stereocenters. The molecule has 0 spiro atoms. The largest absolute Gasteiger partial charge is 0.465 e. The van der Waals surface area contributed by atoms with Crippen LogP contribution in [-0.4, -0.2) is 21.3 Å². The number of thioether (sulfide) groups is 1. The molecule has 2 aromatic heterocycles. The number of hydrogen-bond acceptors (Lipinski definition) is 5. The summed E-state index contributed by atoms with van der Waals surface area (Å²) in [5.74, 6) is 3.67. The highest BCUT2D eigenvalue weighted by Crippen LogP contribution is 2.47. The number of aryl methyl sites for hydroxylation is 1. The van der Waals surface area contributed by atoms with E-state index < -0.39 is 0 Å². The van der Waals surface area contributed by atoms with Gasteiger partial charge in [0, 0.05) is 18.5 Å². The number of aromatic nitrogens is 3. The van der Waals surface area contributed by atoms with Crippen molar-refractivity contribution in [1.82, 2.24) is 14.8 Å². The Balaban J connectivity index is 1.60. The van der Waals surface area contributed by atoms with Crippen LogP contribution >= 0.6 is 11.8 Å². The van der Waals surface area contributed by atoms with Gasteiger partial charge in [-0.25, -0.2) is 0 Å². The van der Waals surface area contributed by atoms with Crippen LogP contribution in [0.2, 0.25) is 0 Å². The van der Waals surface area contributed by atoms with Crippen LogP contribution in [0.4, 0.5) is 0 Å². The van der Waals surface area contributed by atoms with E-state index in [1.165, 1.54) is 31.5 Å². The van der Waals surface area contributed by atoms with Crippen LogP contribution in [0.25, 0.3) is 0 Å². The van der Waals surface area contributed by atoms with Gasteiger partial charge in [-0.2, -0.15) is 0 Å². The molecule has 0 saturated heterocycles. The summed E-state index contributed by atoms with van der Waals surface area (Å²) in [6.07, 6.45) is 5.01. The quantitative estimate of drug-likeness (QED) is 0.830. The van der Waals surface area contributed by atoms with E-state index in [2.05, 4.69) is 14.8 Å². The highest BCUT2D eigenvalue weighted by molar-refractivity contribution is 7.99. The minimum Gasteiger partial charge on any atom is -0.465 e. The first-order chi connectivity index (χ1) is 10.3. The van der Waals surface area contributed by atoms with Crippen LogP contribution in [0.3, 0.4) is 0 Å². The Hall–Kier alpha value is -1.27. The number of nitrogens with zero attached hydrogens (tertiary/aromatic N) is 3. The molecule has 21 heavy (non-hydrogen) atoms. The lowest BCUT2D eigenvalue weighted by molar-refractivity contribution is 0.480. The molecule has 0 aromatic carbocycles. The summed E-state index contributed by atoms with van der Waals surface area (Å²) < 4.78 is 8.09. The Morgan fingerprint density at radius 2 is 2.14 bits per heavy atom. The van der Waals surface area contributed by atoms with Gasteiger partial charge in [-0.3, -0.25) is 0 Å².